The Kier molecular flexibility index (Phi) is 6.99. The molecule has 0 spiro atoms. The molecule has 1 aromatic carbocycles. The number of nitrogens with two attached hydrogens (primary N) is 1. The molecule has 2 aromatic rings. The lowest BCUT2D eigenvalue weighted by Crippen LogP contribution is -2.25. The highest BCUT2D eigenvalue weighted by atomic mass is 35.5. The van der Waals surface area contributed by atoms with Crippen LogP contribution in [-0.4, -0.2) is 17.4 Å². The van der Waals surface area contributed by atoms with Crippen molar-refractivity contribution in [3.8, 4) is 10.6 Å². The van der Waals surface area contributed by atoms with Crippen molar-refractivity contribution in [2.45, 2.75) is 19.1 Å². The van der Waals surface area contributed by atoms with Gasteiger partial charge in [0.05, 0.1) is 17.8 Å². The summed E-state index contributed by atoms with van der Waals surface area (Å²) in [5.41, 5.74) is 5.84. The van der Waals surface area contributed by atoms with Crippen molar-refractivity contribution in [2.75, 3.05) is 6.54 Å². The molecule has 0 aliphatic rings. The van der Waals surface area contributed by atoms with Gasteiger partial charge in [0.25, 0.3) is 0 Å². The van der Waals surface area contributed by atoms with Crippen molar-refractivity contribution < 1.29 is 18.0 Å². The number of halogens is 4. The summed E-state index contributed by atoms with van der Waals surface area (Å²) in [6, 6.07) is 4.83. The average molecular weight is 366 g/mol. The van der Waals surface area contributed by atoms with Gasteiger partial charge in [0.1, 0.15) is 5.01 Å². The van der Waals surface area contributed by atoms with Gasteiger partial charge in [0.15, 0.2) is 0 Å². The Morgan fingerprint density at radius 2 is 1.91 bits per heavy atom. The number of thiazole rings is 1. The first-order chi connectivity index (χ1) is 10.4. The minimum absolute atomic E-state index is 0. The van der Waals surface area contributed by atoms with Crippen LogP contribution in [0, 0.1) is 0 Å². The lowest BCUT2D eigenvalue weighted by atomic mass is 10.1. The van der Waals surface area contributed by atoms with Gasteiger partial charge in [-0.1, -0.05) is 12.1 Å². The van der Waals surface area contributed by atoms with Gasteiger partial charge >= 0.3 is 6.18 Å². The Labute approximate surface area is 141 Å². The van der Waals surface area contributed by atoms with Gasteiger partial charge in [-0.2, -0.15) is 13.2 Å². The summed E-state index contributed by atoms with van der Waals surface area (Å²) in [6.45, 7) is 0.551. The summed E-state index contributed by atoms with van der Waals surface area (Å²) in [7, 11) is 0. The van der Waals surface area contributed by atoms with Gasteiger partial charge in [-0.25, -0.2) is 4.98 Å². The highest BCUT2D eigenvalue weighted by Crippen LogP contribution is 2.31. The van der Waals surface area contributed by atoms with Crippen molar-refractivity contribution in [3.63, 3.8) is 0 Å². The first-order valence-corrected chi connectivity index (χ1v) is 7.37. The highest BCUT2D eigenvalue weighted by Gasteiger charge is 2.30. The topological polar surface area (TPSA) is 68.0 Å². The second kappa shape index (κ2) is 8.28. The van der Waals surface area contributed by atoms with Crippen molar-refractivity contribution in [1.82, 2.24) is 10.3 Å². The van der Waals surface area contributed by atoms with Crippen LogP contribution in [0.3, 0.4) is 0 Å². The van der Waals surface area contributed by atoms with Crippen LogP contribution in [0.25, 0.3) is 10.6 Å². The predicted molar refractivity (Wildman–Crippen MR) is 85.3 cm³/mol. The lowest BCUT2D eigenvalue weighted by Gasteiger charge is -2.06. The van der Waals surface area contributed by atoms with E-state index in [0.29, 0.717) is 16.3 Å². The fourth-order valence-electron chi connectivity index (χ4n) is 1.73. The van der Waals surface area contributed by atoms with E-state index in [4.69, 9.17) is 5.73 Å². The quantitative estimate of drug-likeness (QED) is 0.854. The molecule has 2 rings (SSSR count). The zero-order chi connectivity index (χ0) is 16.2. The third-order valence-corrected chi connectivity index (χ3v) is 3.79. The SMILES string of the molecule is Cl.NCCC(=O)NCc1csc(-c2ccc(C(F)(F)F)cc2)n1. The third-order valence-electron chi connectivity index (χ3n) is 2.85. The van der Waals surface area contributed by atoms with Crippen LogP contribution >= 0.6 is 23.7 Å². The molecule has 23 heavy (non-hydrogen) atoms. The molecule has 4 nitrogen and oxygen atoms in total. The molecular weight excluding hydrogens is 351 g/mol. The zero-order valence-corrected chi connectivity index (χ0v) is 13.5. The Bertz CT molecular complexity index is 643. The third kappa shape index (κ3) is 5.49. The summed E-state index contributed by atoms with van der Waals surface area (Å²) in [5.74, 6) is -0.161. The molecule has 0 atom stereocenters. The summed E-state index contributed by atoms with van der Waals surface area (Å²) >= 11 is 1.31. The molecule has 0 aliphatic carbocycles. The monoisotopic (exact) mass is 365 g/mol. The van der Waals surface area contributed by atoms with Crippen molar-refractivity contribution >= 4 is 29.7 Å². The zero-order valence-electron chi connectivity index (χ0n) is 11.9. The van der Waals surface area contributed by atoms with E-state index in [1.165, 1.54) is 23.5 Å². The minimum Gasteiger partial charge on any atom is -0.350 e. The van der Waals surface area contributed by atoms with Gasteiger partial charge in [0, 0.05) is 23.9 Å². The van der Waals surface area contributed by atoms with Gasteiger partial charge in [-0.15, -0.1) is 23.7 Å². The van der Waals surface area contributed by atoms with E-state index in [2.05, 4.69) is 10.3 Å². The molecule has 0 fully saturated rings. The van der Waals surface area contributed by atoms with E-state index in [-0.39, 0.29) is 37.8 Å². The smallest absolute Gasteiger partial charge is 0.350 e. The van der Waals surface area contributed by atoms with Gasteiger partial charge in [0.2, 0.25) is 5.91 Å². The van der Waals surface area contributed by atoms with Crippen LogP contribution in [0.4, 0.5) is 13.2 Å². The summed E-state index contributed by atoms with van der Waals surface area (Å²) in [4.78, 5) is 15.6. The molecule has 3 N–H and O–H groups in total. The molecule has 0 aliphatic heterocycles. The van der Waals surface area contributed by atoms with Crippen LogP contribution in [0.2, 0.25) is 0 Å². The first kappa shape index (κ1) is 19.4. The fraction of sp³-hybridized carbons (Fsp3) is 0.286. The number of nitrogens with zero attached hydrogens (tertiary/aromatic N) is 1. The van der Waals surface area contributed by atoms with Crippen LogP contribution in [0.5, 0.6) is 0 Å². The lowest BCUT2D eigenvalue weighted by molar-refractivity contribution is -0.137. The Morgan fingerprint density at radius 1 is 1.26 bits per heavy atom. The molecule has 0 bridgehead atoms. The molecule has 0 saturated heterocycles. The minimum atomic E-state index is -4.35. The van der Waals surface area contributed by atoms with Crippen LogP contribution in [0.15, 0.2) is 29.6 Å². The van der Waals surface area contributed by atoms with Crippen molar-refractivity contribution in [3.05, 3.63) is 40.9 Å². The molecule has 126 valence electrons. The van der Waals surface area contributed by atoms with Gasteiger partial charge in [-0.3, -0.25) is 4.79 Å². The number of amides is 1. The molecule has 0 saturated carbocycles. The number of hydrogen-bond acceptors (Lipinski definition) is 4. The molecule has 1 aromatic heterocycles. The summed E-state index contributed by atoms with van der Waals surface area (Å²) < 4.78 is 37.5. The number of carbonyl (C=O) groups excluding carboxylic acids is 1. The molecule has 1 heterocycles. The Morgan fingerprint density at radius 3 is 2.48 bits per heavy atom. The number of nitrogens with one attached hydrogen (secondary N) is 1. The highest BCUT2D eigenvalue weighted by molar-refractivity contribution is 7.13. The molecule has 9 heteroatoms. The molecule has 0 radical (unpaired) electrons. The maximum absolute atomic E-state index is 12.5. The number of carbonyl (C=O) groups is 1. The van der Waals surface area contributed by atoms with Crippen LogP contribution in [-0.2, 0) is 17.5 Å². The average Bonchev–Trinajstić information content (AvgIpc) is 2.93. The van der Waals surface area contributed by atoms with E-state index < -0.39 is 11.7 Å². The maximum Gasteiger partial charge on any atom is 0.416 e. The van der Waals surface area contributed by atoms with Gasteiger partial charge in [-0.05, 0) is 12.1 Å². The van der Waals surface area contributed by atoms with E-state index in [9.17, 15) is 18.0 Å². The number of aromatic nitrogens is 1. The Hall–Kier alpha value is -1.64. The summed E-state index contributed by atoms with van der Waals surface area (Å²) in [6.07, 6.45) is -4.10. The number of benzene rings is 1. The van der Waals surface area contributed by atoms with E-state index in [1.54, 1.807) is 5.38 Å². The molecular formula is C14H15ClF3N3OS. The first-order valence-electron chi connectivity index (χ1n) is 6.49. The molecule has 0 unspecified atom stereocenters. The second-order valence-corrected chi connectivity index (χ2v) is 5.39. The van der Waals surface area contributed by atoms with Crippen molar-refractivity contribution in [2.24, 2.45) is 5.73 Å². The Balaban J connectivity index is 0.00000264. The predicted octanol–water partition coefficient (Wildman–Crippen LogP) is 3.22. The fourth-order valence-corrected chi connectivity index (χ4v) is 2.56. The number of rotatable bonds is 5. The summed E-state index contributed by atoms with van der Waals surface area (Å²) in [5, 5.41) is 5.04. The van der Waals surface area contributed by atoms with E-state index >= 15 is 0 Å². The maximum atomic E-state index is 12.5. The second-order valence-electron chi connectivity index (χ2n) is 4.53. The van der Waals surface area contributed by atoms with E-state index in [1.807, 2.05) is 0 Å². The van der Waals surface area contributed by atoms with Crippen LogP contribution < -0.4 is 11.1 Å². The number of alkyl halides is 3. The molecule has 1 amide bonds. The number of hydrogen-bond donors (Lipinski definition) is 2. The van der Waals surface area contributed by atoms with Crippen LogP contribution in [0.1, 0.15) is 17.7 Å². The normalized spacial score (nSPS) is 11.0. The van der Waals surface area contributed by atoms with E-state index in [0.717, 1.165) is 12.1 Å². The van der Waals surface area contributed by atoms with Crippen molar-refractivity contribution in [1.29, 1.82) is 0 Å². The van der Waals surface area contributed by atoms with Gasteiger partial charge < -0.3 is 11.1 Å². The largest absolute Gasteiger partial charge is 0.416 e. The standard InChI is InChI=1S/C14H14F3N3OS.ClH/c15-14(16,17)10-3-1-9(2-4-10)13-20-11(8-22-13)7-19-12(21)5-6-18;/h1-4,8H,5-7,18H2,(H,19,21);1H.